The smallest absolute Gasteiger partial charge is 0.313 e. The summed E-state index contributed by atoms with van der Waals surface area (Å²) in [5.41, 5.74) is -1.91. The van der Waals surface area contributed by atoms with E-state index in [1.54, 1.807) is 4.98 Å². The minimum Gasteiger partial charge on any atom is -0.313 e. The predicted molar refractivity (Wildman–Crippen MR) is 62.7 cm³/mol. The van der Waals surface area contributed by atoms with Crippen LogP contribution in [0.15, 0.2) is 39.0 Å². The molecule has 0 bridgehead atoms. The standard InChI is InChI=1S/C9H7FN4O4S/c10-7-2-1-5(3-11-7)14-19(17,18)6-4-12-9(16)13-8(6)15/h1-4,14H,(H2,12,13,15,16). The first-order valence-electron chi connectivity index (χ1n) is 4.85. The zero-order valence-electron chi connectivity index (χ0n) is 9.18. The second kappa shape index (κ2) is 4.65. The molecule has 2 aromatic heterocycles. The van der Waals surface area contributed by atoms with Crippen molar-refractivity contribution in [3.8, 4) is 0 Å². The number of aromatic amines is 2. The van der Waals surface area contributed by atoms with Crippen molar-refractivity contribution in [2.24, 2.45) is 0 Å². The van der Waals surface area contributed by atoms with Gasteiger partial charge in [-0.3, -0.25) is 14.5 Å². The average Bonchev–Trinajstić information content (AvgIpc) is 2.31. The largest absolute Gasteiger partial charge is 0.325 e. The number of H-pyrrole nitrogens is 2. The van der Waals surface area contributed by atoms with E-state index in [2.05, 4.69) is 4.98 Å². The number of nitrogens with one attached hydrogen (secondary N) is 3. The molecule has 0 aliphatic carbocycles. The maximum absolute atomic E-state index is 12.6. The molecule has 0 saturated carbocycles. The SMILES string of the molecule is O=c1[nH]cc(S(=O)(=O)Nc2ccc(F)nc2)c(=O)[nH]1. The zero-order valence-corrected chi connectivity index (χ0v) is 9.99. The van der Waals surface area contributed by atoms with Crippen molar-refractivity contribution in [2.45, 2.75) is 4.90 Å². The first kappa shape index (κ1) is 13.0. The van der Waals surface area contributed by atoms with E-state index in [9.17, 15) is 22.4 Å². The van der Waals surface area contributed by atoms with Gasteiger partial charge in [-0.05, 0) is 12.1 Å². The minimum absolute atomic E-state index is 0.0213. The van der Waals surface area contributed by atoms with Gasteiger partial charge in [0.2, 0.25) is 5.95 Å². The van der Waals surface area contributed by atoms with Gasteiger partial charge in [-0.2, -0.15) is 4.39 Å². The number of hydrogen-bond acceptors (Lipinski definition) is 5. The highest BCUT2D eigenvalue weighted by atomic mass is 32.2. The van der Waals surface area contributed by atoms with Gasteiger partial charge in [0.1, 0.15) is 0 Å². The molecule has 0 aromatic carbocycles. The molecule has 3 N–H and O–H groups in total. The van der Waals surface area contributed by atoms with Crippen LogP contribution in [0.2, 0.25) is 0 Å². The molecule has 2 heterocycles. The van der Waals surface area contributed by atoms with Crippen molar-refractivity contribution >= 4 is 15.7 Å². The maximum Gasteiger partial charge on any atom is 0.325 e. The second-order valence-corrected chi connectivity index (χ2v) is 5.06. The van der Waals surface area contributed by atoms with E-state index in [-0.39, 0.29) is 5.69 Å². The lowest BCUT2D eigenvalue weighted by Gasteiger charge is -2.06. The van der Waals surface area contributed by atoms with Gasteiger partial charge in [0.25, 0.3) is 15.6 Å². The molecule has 19 heavy (non-hydrogen) atoms. The van der Waals surface area contributed by atoms with Gasteiger partial charge in [0.05, 0.1) is 11.9 Å². The number of hydrogen-bond donors (Lipinski definition) is 3. The fourth-order valence-electron chi connectivity index (χ4n) is 1.24. The van der Waals surface area contributed by atoms with Crippen molar-refractivity contribution in [3.63, 3.8) is 0 Å². The fourth-order valence-corrected chi connectivity index (χ4v) is 2.29. The topological polar surface area (TPSA) is 125 Å². The van der Waals surface area contributed by atoms with Crippen LogP contribution in [0.3, 0.4) is 0 Å². The van der Waals surface area contributed by atoms with Gasteiger partial charge in [-0.1, -0.05) is 0 Å². The summed E-state index contributed by atoms with van der Waals surface area (Å²) in [7, 11) is -4.20. The van der Waals surface area contributed by atoms with Crippen LogP contribution in [0.25, 0.3) is 0 Å². The summed E-state index contributed by atoms with van der Waals surface area (Å²) in [6, 6.07) is 2.09. The first-order chi connectivity index (χ1) is 8.88. The number of sulfonamides is 1. The molecule has 0 spiro atoms. The molecule has 100 valence electrons. The molecular weight excluding hydrogens is 279 g/mol. The summed E-state index contributed by atoms with van der Waals surface area (Å²) >= 11 is 0. The van der Waals surface area contributed by atoms with Crippen molar-refractivity contribution in [1.29, 1.82) is 0 Å². The Morgan fingerprint density at radius 1 is 1.26 bits per heavy atom. The lowest BCUT2D eigenvalue weighted by atomic mass is 10.4. The highest BCUT2D eigenvalue weighted by molar-refractivity contribution is 7.92. The quantitative estimate of drug-likeness (QED) is 0.650. The summed E-state index contributed by atoms with van der Waals surface area (Å²) in [6.07, 6.45) is 1.72. The lowest BCUT2D eigenvalue weighted by Crippen LogP contribution is -2.29. The Bertz CT molecular complexity index is 809. The Labute approximate surface area is 105 Å². The predicted octanol–water partition coefficient (Wildman–Crippen LogP) is -0.602. The van der Waals surface area contributed by atoms with Crippen molar-refractivity contribution in [1.82, 2.24) is 15.0 Å². The second-order valence-electron chi connectivity index (χ2n) is 3.41. The number of anilines is 1. The van der Waals surface area contributed by atoms with Crippen LogP contribution in [-0.4, -0.2) is 23.4 Å². The fraction of sp³-hybridized carbons (Fsp3) is 0. The third-order valence-corrected chi connectivity index (χ3v) is 3.44. The molecular formula is C9H7FN4O4S. The van der Waals surface area contributed by atoms with Crippen LogP contribution >= 0.6 is 0 Å². The Morgan fingerprint density at radius 2 is 2.00 bits per heavy atom. The van der Waals surface area contributed by atoms with E-state index < -0.39 is 32.1 Å². The monoisotopic (exact) mass is 286 g/mol. The van der Waals surface area contributed by atoms with Crippen molar-refractivity contribution in [3.05, 3.63) is 51.3 Å². The Kier molecular flexibility index (Phi) is 3.17. The van der Waals surface area contributed by atoms with Crippen LogP contribution in [0.1, 0.15) is 0 Å². The maximum atomic E-state index is 12.6. The third-order valence-electron chi connectivity index (χ3n) is 2.05. The molecule has 0 radical (unpaired) electrons. The first-order valence-corrected chi connectivity index (χ1v) is 6.33. The summed E-state index contributed by atoms with van der Waals surface area (Å²) in [6.45, 7) is 0. The Balaban J connectivity index is 2.40. The van der Waals surface area contributed by atoms with Crippen LogP contribution in [0.5, 0.6) is 0 Å². The third kappa shape index (κ3) is 2.85. The van der Waals surface area contributed by atoms with Crippen LogP contribution in [0, 0.1) is 5.95 Å². The molecule has 0 aliphatic rings. The molecule has 2 aromatic rings. The van der Waals surface area contributed by atoms with Crippen molar-refractivity contribution in [2.75, 3.05) is 4.72 Å². The summed E-state index contributed by atoms with van der Waals surface area (Å²) in [5, 5.41) is 0. The molecule has 0 atom stereocenters. The number of rotatable bonds is 3. The van der Waals surface area contributed by atoms with Gasteiger partial charge >= 0.3 is 5.69 Å². The summed E-state index contributed by atoms with van der Waals surface area (Å²) in [5.74, 6) is -0.773. The number of nitrogens with zero attached hydrogens (tertiary/aromatic N) is 1. The number of halogens is 1. The Hall–Kier alpha value is -2.49. The van der Waals surface area contributed by atoms with Crippen LogP contribution in [0.4, 0.5) is 10.1 Å². The number of aromatic nitrogens is 3. The van der Waals surface area contributed by atoms with Crippen LogP contribution in [-0.2, 0) is 10.0 Å². The van der Waals surface area contributed by atoms with E-state index in [4.69, 9.17) is 0 Å². The highest BCUT2D eigenvalue weighted by Crippen LogP contribution is 2.11. The van der Waals surface area contributed by atoms with E-state index >= 15 is 0 Å². The summed E-state index contributed by atoms with van der Waals surface area (Å²) < 4.78 is 38.3. The van der Waals surface area contributed by atoms with E-state index in [0.717, 1.165) is 24.5 Å². The van der Waals surface area contributed by atoms with E-state index in [1.807, 2.05) is 9.71 Å². The molecule has 2 rings (SSSR count). The van der Waals surface area contributed by atoms with E-state index in [1.165, 1.54) is 0 Å². The van der Waals surface area contributed by atoms with Gasteiger partial charge in [0, 0.05) is 6.20 Å². The van der Waals surface area contributed by atoms with Crippen molar-refractivity contribution < 1.29 is 12.8 Å². The minimum atomic E-state index is -4.20. The molecule has 0 fully saturated rings. The molecule has 0 amide bonds. The number of pyridine rings is 1. The highest BCUT2D eigenvalue weighted by Gasteiger charge is 2.19. The average molecular weight is 286 g/mol. The zero-order chi connectivity index (χ0) is 14.0. The van der Waals surface area contributed by atoms with Gasteiger partial charge in [0.15, 0.2) is 4.90 Å². The molecule has 0 saturated heterocycles. The Morgan fingerprint density at radius 3 is 2.58 bits per heavy atom. The van der Waals surface area contributed by atoms with E-state index in [0.29, 0.717) is 0 Å². The molecule has 8 nitrogen and oxygen atoms in total. The molecule has 0 aliphatic heterocycles. The molecule has 10 heteroatoms. The molecule has 0 unspecified atom stereocenters. The lowest BCUT2D eigenvalue weighted by molar-refractivity contribution is 0.583. The van der Waals surface area contributed by atoms with Crippen LogP contribution < -0.4 is 16.0 Å². The van der Waals surface area contributed by atoms with Gasteiger partial charge < -0.3 is 4.98 Å². The van der Waals surface area contributed by atoms with Gasteiger partial charge in [-0.25, -0.2) is 18.2 Å². The summed E-state index contributed by atoms with van der Waals surface area (Å²) in [4.78, 5) is 28.5. The normalized spacial score (nSPS) is 11.2. The van der Waals surface area contributed by atoms with Gasteiger partial charge in [-0.15, -0.1) is 0 Å².